The zero-order valence-corrected chi connectivity index (χ0v) is 16.2. The minimum Gasteiger partial charge on any atom is -0.326 e. The van der Waals surface area contributed by atoms with E-state index in [1.165, 1.54) is 5.56 Å². The number of aryl methyl sites for hydroxylation is 2. The summed E-state index contributed by atoms with van der Waals surface area (Å²) in [6.07, 6.45) is 1.33. The third kappa shape index (κ3) is 3.93. The molecule has 1 N–H and O–H groups in total. The first-order valence-corrected chi connectivity index (χ1v) is 9.95. The molecule has 2 amide bonds. The van der Waals surface area contributed by atoms with Crippen LogP contribution in [0.5, 0.6) is 0 Å². The second kappa shape index (κ2) is 7.96. The van der Waals surface area contributed by atoms with E-state index < -0.39 is 0 Å². The molecule has 2 aromatic carbocycles. The minimum absolute atomic E-state index is 0.0195. The van der Waals surface area contributed by atoms with E-state index in [-0.39, 0.29) is 17.2 Å². The van der Waals surface area contributed by atoms with E-state index in [9.17, 15) is 9.59 Å². The van der Waals surface area contributed by atoms with Crippen molar-refractivity contribution in [2.75, 3.05) is 16.0 Å². The molecule has 2 aromatic rings. The molecular formula is C21H24N2O2S. The lowest BCUT2D eigenvalue weighted by Crippen LogP contribution is -2.28. The van der Waals surface area contributed by atoms with E-state index >= 15 is 0 Å². The molecule has 136 valence electrons. The molecule has 0 aliphatic carbocycles. The van der Waals surface area contributed by atoms with Crippen molar-refractivity contribution in [2.45, 2.75) is 39.0 Å². The number of nitrogens with zero attached hydrogens (tertiary/aromatic N) is 1. The highest BCUT2D eigenvalue weighted by molar-refractivity contribution is 8.00. The highest BCUT2D eigenvalue weighted by Gasteiger charge is 2.34. The quantitative estimate of drug-likeness (QED) is 0.823. The van der Waals surface area contributed by atoms with Gasteiger partial charge in [-0.25, -0.2) is 0 Å². The second-order valence-electron chi connectivity index (χ2n) is 6.64. The molecule has 0 saturated carbocycles. The third-order valence-electron chi connectivity index (χ3n) is 4.41. The molecule has 1 fully saturated rings. The number of carbonyl (C=O) groups excluding carboxylic acids is 2. The lowest BCUT2D eigenvalue weighted by molar-refractivity contribution is -0.116. The van der Waals surface area contributed by atoms with Crippen LogP contribution in [-0.4, -0.2) is 17.6 Å². The second-order valence-corrected chi connectivity index (χ2v) is 7.71. The van der Waals surface area contributed by atoms with E-state index in [4.69, 9.17) is 0 Å². The Morgan fingerprint density at radius 1 is 1.23 bits per heavy atom. The van der Waals surface area contributed by atoms with Gasteiger partial charge in [0.1, 0.15) is 5.37 Å². The Hall–Kier alpha value is -2.27. The molecule has 1 aliphatic rings. The Balaban J connectivity index is 1.90. The van der Waals surface area contributed by atoms with Crippen molar-refractivity contribution in [3.8, 4) is 0 Å². The summed E-state index contributed by atoms with van der Waals surface area (Å²) in [4.78, 5) is 26.3. The minimum atomic E-state index is -0.0769. The first-order valence-electron chi connectivity index (χ1n) is 8.90. The summed E-state index contributed by atoms with van der Waals surface area (Å²) in [6.45, 7) is 6.08. The summed E-state index contributed by atoms with van der Waals surface area (Å²) in [7, 11) is 0. The van der Waals surface area contributed by atoms with Gasteiger partial charge in [0, 0.05) is 17.8 Å². The maximum Gasteiger partial charge on any atom is 0.238 e. The number of nitrogens with one attached hydrogen (secondary N) is 1. The van der Waals surface area contributed by atoms with Gasteiger partial charge in [0.15, 0.2) is 0 Å². The van der Waals surface area contributed by atoms with E-state index in [1.54, 1.807) is 11.8 Å². The summed E-state index contributed by atoms with van der Waals surface area (Å²) in [6, 6.07) is 14.0. The van der Waals surface area contributed by atoms with Gasteiger partial charge in [-0.1, -0.05) is 36.8 Å². The van der Waals surface area contributed by atoms with Crippen molar-refractivity contribution in [2.24, 2.45) is 0 Å². The van der Waals surface area contributed by atoms with Gasteiger partial charge in [-0.05, 0) is 49.6 Å². The Kier molecular flexibility index (Phi) is 5.67. The van der Waals surface area contributed by atoms with Gasteiger partial charge in [-0.2, -0.15) is 0 Å². The number of thioether (sulfide) groups is 1. The fraction of sp³-hybridized carbons (Fsp3) is 0.333. The van der Waals surface area contributed by atoms with Gasteiger partial charge in [-0.3, -0.25) is 14.5 Å². The molecule has 4 nitrogen and oxygen atoms in total. The van der Waals surface area contributed by atoms with Gasteiger partial charge in [0.2, 0.25) is 11.8 Å². The summed E-state index contributed by atoms with van der Waals surface area (Å²) in [5, 5.41) is 2.86. The van der Waals surface area contributed by atoms with Crippen LogP contribution in [0, 0.1) is 13.8 Å². The molecule has 0 spiro atoms. The molecule has 0 radical (unpaired) electrons. The van der Waals surface area contributed by atoms with Crippen molar-refractivity contribution in [3.63, 3.8) is 0 Å². The van der Waals surface area contributed by atoms with Crippen LogP contribution in [0.25, 0.3) is 0 Å². The van der Waals surface area contributed by atoms with Crippen molar-refractivity contribution < 1.29 is 9.59 Å². The Morgan fingerprint density at radius 3 is 2.77 bits per heavy atom. The largest absolute Gasteiger partial charge is 0.326 e. The number of rotatable bonds is 5. The zero-order chi connectivity index (χ0) is 18.7. The van der Waals surface area contributed by atoms with Crippen LogP contribution >= 0.6 is 11.8 Å². The molecule has 1 heterocycles. The van der Waals surface area contributed by atoms with Gasteiger partial charge in [0.25, 0.3) is 0 Å². The van der Waals surface area contributed by atoms with Crippen LogP contribution in [0.2, 0.25) is 0 Å². The monoisotopic (exact) mass is 368 g/mol. The topological polar surface area (TPSA) is 49.4 Å². The first kappa shape index (κ1) is 18.5. The molecular weight excluding hydrogens is 344 g/mol. The molecule has 3 rings (SSSR count). The molecule has 5 heteroatoms. The molecule has 1 saturated heterocycles. The van der Waals surface area contributed by atoms with Crippen LogP contribution in [-0.2, 0) is 9.59 Å². The molecule has 1 aliphatic heterocycles. The van der Waals surface area contributed by atoms with Crippen LogP contribution in [0.15, 0.2) is 42.5 Å². The Bertz CT molecular complexity index is 835. The van der Waals surface area contributed by atoms with E-state index in [0.717, 1.165) is 28.9 Å². The highest BCUT2D eigenvalue weighted by Crippen LogP contribution is 2.43. The summed E-state index contributed by atoms with van der Waals surface area (Å²) < 4.78 is 0. The average Bonchev–Trinajstić information content (AvgIpc) is 2.97. The average molecular weight is 369 g/mol. The van der Waals surface area contributed by atoms with Crippen LogP contribution < -0.4 is 10.2 Å². The summed E-state index contributed by atoms with van der Waals surface area (Å²) in [5.74, 6) is 0.600. The van der Waals surface area contributed by atoms with E-state index in [0.29, 0.717) is 12.2 Å². The summed E-state index contributed by atoms with van der Waals surface area (Å²) >= 11 is 1.62. The maximum absolute atomic E-state index is 12.6. The van der Waals surface area contributed by atoms with Gasteiger partial charge >= 0.3 is 0 Å². The lowest BCUT2D eigenvalue weighted by Gasteiger charge is -2.26. The van der Waals surface area contributed by atoms with Crippen LogP contribution in [0.4, 0.5) is 11.4 Å². The Labute approximate surface area is 159 Å². The first-order chi connectivity index (χ1) is 12.5. The Morgan fingerprint density at radius 2 is 2.04 bits per heavy atom. The van der Waals surface area contributed by atoms with Crippen LogP contribution in [0.1, 0.15) is 41.8 Å². The van der Waals surface area contributed by atoms with Gasteiger partial charge in [0.05, 0.1) is 5.75 Å². The number of hydrogen-bond donors (Lipinski definition) is 1. The van der Waals surface area contributed by atoms with Crippen molar-refractivity contribution in [1.82, 2.24) is 0 Å². The lowest BCUT2D eigenvalue weighted by atomic mass is 10.1. The number of hydrogen-bond acceptors (Lipinski definition) is 3. The van der Waals surface area contributed by atoms with Crippen LogP contribution in [0.3, 0.4) is 0 Å². The summed E-state index contributed by atoms with van der Waals surface area (Å²) in [5.41, 5.74) is 5.04. The van der Waals surface area contributed by atoms with Gasteiger partial charge < -0.3 is 5.32 Å². The molecule has 0 bridgehead atoms. The highest BCUT2D eigenvalue weighted by atomic mass is 32.2. The zero-order valence-electron chi connectivity index (χ0n) is 15.4. The van der Waals surface area contributed by atoms with Crippen molar-refractivity contribution in [3.05, 3.63) is 59.2 Å². The molecule has 0 unspecified atom stereocenters. The van der Waals surface area contributed by atoms with Crippen molar-refractivity contribution >= 4 is 35.0 Å². The maximum atomic E-state index is 12.6. The number of anilines is 2. The number of amides is 2. The fourth-order valence-electron chi connectivity index (χ4n) is 3.23. The predicted octanol–water partition coefficient (Wildman–Crippen LogP) is 4.82. The molecule has 1 atom stereocenters. The predicted molar refractivity (Wildman–Crippen MR) is 109 cm³/mol. The standard InChI is InChI=1S/C21H24N2O2S/c1-4-6-19(24)22-17-8-5-7-16(12-17)21-23(20(25)13-26-21)18-10-9-14(2)11-15(18)3/h5,7-12,21H,4,6,13H2,1-3H3,(H,22,24)/t21-/m1/s1. The molecule has 0 aromatic heterocycles. The van der Waals surface area contributed by atoms with E-state index in [2.05, 4.69) is 18.3 Å². The smallest absolute Gasteiger partial charge is 0.238 e. The third-order valence-corrected chi connectivity index (χ3v) is 5.62. The number of carbonyl (C=O) groups is 2. The SMILES string of the molecule is CCCC(=O)Nc1cccc([C@H]2SCC(=O)N2c2ccc(C)cc2C)c1. The van der Waals surface area contributed by atoms with Crippen molar-refractivity contribution in [1.29, 1.82) is 0 Å². The fourth-order valence-corrected chi connectivity index (χ4v) is 4.39. The molecule has 26 heavy (non-hydrogen) atoms. The normalized spacial score (nSPS) is 16.8. The number of benzene rings is 2. The van der Waals surface area contributed by atoms with Gasteiger partial charge in [-0.15, -0.1) is 11.8 Å². The van der Waals surface area contributed by atoms with E-state index in [1.807, 2.05) is 55.1 Å².